The van der Waals surface area contributed by atoms with E-state index in [2.05, 4.69) is 11.9 Å². The van der Waals surface area contributed by atoms with Crippen LogP contribution in [0.5, 0.6) is 0 Å². The Morgan fingerprint density at radius 3 is 2.54 bits per heavy atom. The van der Waals surface area contributed by atoms with E-state index in [0.29, 0.717) is 25.9 Å². The first-order valence-electron chi connectivity index (χ1n) is 9.54. The van der Waals surface area contributed by atoms with Crippen molar-refractivity contribution in [2.75, 3.05) is 26.2 Å². The number of carbonyl (C=O) groups is 2. The Labute approximate surface area is 154 Å². The van der Waals surface area contributed by atoms with Crippen molar-refractivity contribution in [3.05, 3.63) is 30.1 Å². The van der Waals surface area contributed by atoms with Gasteiger partial charge in [-0.05, 0) is 30.5 Å². The van der Waals surface area contributed by atoms with E-state index in [0.717, 1.165) is 48.9 Å². The van der Waals surface area contributed by atoms with Crippen LogP contribution in [0, 0.1) is 0 Å². The van der Waals surface area contributed by atoms with Gasteiger partial charge in [0.25, 0.3) is 0 Å². The Balaban J connectivity index is 1.58. The number of hydrogen-bond acceptors (Lipinski definition) is 3. The van der Waals surface area contributed by atoms with Gasteiger partial charge in [0, 0.05) is 39.6 Å². The van der Waals surface area contributed by atoms with Crippen LogP contribution in [0.25, 0.3) is 11.0 Å². The molecule has 1 aliphatic heterocycles. The van der Waals surface area contributed by atoms with Crippen molar-refractivity contribution in [1.82, 2.24) is 19.4 Å². The van der Waals surface area contributed by atoms with Crippen molar-refractivity contribution < 1.29 is 9.59 Å². The quantitative estimate of drug-likeness (QED) is 0.826. The predicted octanol–water partition coefficient (Wildman–Crippen LogP) is 2.37. The lowest BCUT2D eigenvalue weighted by molar-refractivity contribution is -0.133. The molecule has 1 aliphatic rings. The van der Waals surface area contributed by atoms with E-state index >= 15 is 0 Å². The monoisotopic (exact) mass is 356 g/mol. The number of nitrogens with zero attached hydrogens (tertiary/aromatic N) is 4. The highest BCUT2D eigenvalue weighted by molar-refractivity contribution is 5.82. The van der Waals surface area contributed by atoms with Gasteiger partial charge in [0.1, 0.15) is 0 Å². The van der Waals surface area contributed by atoms with Crippen LogP contribution in [0.4, 0.5) is 0 Å². The first kappa shape index (κ1) is 18.4. The fraction of sp³-hybridized carbons (Fsp3) is 0.550. The summed E-state index contributed by atoms with van der Waals surface area (Å²) in [6, 6.07) is 6.01. The average molecular weight is 356 g/mol. The molecule has 0 aliphatic carbocycles. The molecule has 0 saturated carbocycles. The zero-order valence-electron chi connectivity index (χ0n) is 15.8. The number of imidazole rings is 1. The Bertz CT molecular complexity index is 783. The van der Waals surface area contributed by atoms with E-state index in [1.807, 2.05) is 39.6 Å². The van der Waals surface area contributed by atoms with Gasteiger partial charge in [-0.2, -0.15) is 0 Å². The fourth-order valence-electron chi connectivity index (χ4n) is 3.48. The highest BCUT2D eigenvalue weighted by Crippen LogP contribution is 2.15. The SMILES string of the molecule is CCCCC(=O)N1CCCN(C(=O)Cc2ccc3c(c2)ncn3C)CC1. The largest absolute Gasteiger partial charge is 0.341 e. The number of benzene rings is 1. The van der Waals surface area contributed by atoms with E-state index in [9.17, 15) is 9.59 Å². The van der Waals surface area contributed by atoms with E-state index < -0.39 is 0 Å². The first-order valence-corrected chi connectivity index (χ1v) is 9.54. The van der Waals surface area contributed by atoms with E-state index in [4.69, 9.17) is 0 Å². The van der Waals surface area contributed by atoms with Crippen molar-refractivity contribution in [3.63, 3.8) is 0 Å². The van der Waals surface area contributed by atoms with Crippen LogP contribution in [-0.2, 0) is 23.1 Å². The lowest BCUT2D eigenvalue weighted by Gasteiger charge is -2.22. The minimum absolute atomic E-state index is 0.128. The van der Waals surface area contributed by atoms with E-state index in [1.165, 1.54) is 0 Å². The zero-order chi connectivity index (χ0) is 18.5. The second-order valence-electron chi connectivity index (χ2n) is 7.07. The standard InChI is InChI=1S/C20H28N4O2/c1-3-4-6-19(25)23-9-5-10-24(12-11-23)20(26)14-16-7-8-18-17(13-16)21-15-22(18)2/h7-8,13,15H,3-6,9-12,14H2,1-2H3. The molecule has 140 valence electrons. The molecule has 6 heteroatoms. The van der Waals surface area contributed by atoms with Gasteiger partial charge < -0.3 is 14.4 Å². The number of fused-ring (bicyclic) bond motifs is 1. The highest BCUT2D eigenvalue weighted by atomic mass is 16.2. The summed E-state index contributed by atoms with van der Waals surface area (Å²) in [5.41, 5.74) is 2.97. The highest BCUT2D eigenvalue weighted by Gasteiger charge is 2.21. The molecule has 2 aromatic rings. The van der Waals surface area contributed by atoms with Crippen LogP contribution in [0.1, 0.15) is 38.2 Å². The maximum absolute atomic E-state index is 12.7. The molecule has 0 bridgehead atoms. The molecule has 0 N–H and O–H groups in total. The number of aryl methyl sites for hydroxylation is 1. The second-order valence-corrected chi connectivity index (χ2v) is 7.07. The minimum Gasteiger partial charge on any atom is -0.341 e. The van der Waals surface area contributed by atoms with Gasteiger partial charge in [-0.15, -0.1) is 0 Å². The first-order chi connectivity index (χ1) is 12.6. The van der Waals surface area contributed by atoms with E-state index in [1.54, 1.807) is 6.33 Å². The predicted molar refractivity (Wildman–Crippen MR) is 102 cm³/mol. The third kappa shape index (κ3) is 4.23. The van der Waals surface area contributed by atoms with Crippen molar-refractivity contribution in [1.29, 1.82) is 0 Å². The summed E-state index contributed by atoms with van der Waals surface area (Å²) in [7, 11) is 1.96. The number of hydrogen-bond donors (Lipinski definition) is 0. The number of amides is 2. The summed E-state index contributed by atoms with van der Waals surface area (Å²) in [4.78, 5) is 33.1. The summed E-state index contributed by atoms with van der Waals surface area (Å²) in [5.74, 6) is 0.352. The molecule has 0 unspecified atom stereocenters. The van der Waals surface area contributed by atoms with Gasteiger partial charge in [0.2, 0.25) is 11.8 Å². The van der Waals surface area contributed by atoms with Gasteiger partial charge in [0.05, 0.1) is 23.8 Å². The molecule has 26 heavy (non-hydrogen) atoms. The van der Waals surface area contributed by atoms with Gasteiger partial charge in [-0.1, -0.05) is 19.4 Å². The molecule has 2 amide bonds. The molecule has 1 aromatic carbocycles. The molecular weight excluding hydrogens is 328 g/mol. The van der Waals surface area contributed by atoms with Crippen LogP contribution in [-0.4, -0.2) is 57.3 Å². The minimum atomic E-state index is 0.128. The van der Waals surface area contributed by atoms with Crippen LogP contribution in [0.15, 0.2) is 24.5 Å². The summed E-state index contributed by atoms with van der Waals surface area (Å²) in [5, 5.41) is 0. The summed E-state index contributed by atoms with van der Waals surface area (Å²) >= 11 is 0. The van der Waals surface area contributed by atoms with Crippen molar-refractivity contribution in [2.24, 2.45) is 7.05 Å². The maximum atomic E-state index is 12.7. The van der Waals surface area contributed by atoms with Gasteiger partial charge in [0.15, 0.2) is 0 Å². The fourth-order valence-corrected chi connectivity index (χ4v) is 3.48. The Morgan fingerprint density at radius 1 is 1.08 bits per heavy atom. The third-order valence-corrected chi connectivity index (χ3v) is 5.09. The van der Waals surface area contributed by atoms with Crippen LogP contribution >= 0.6 is 0 Å². The molecule has 6 nitrogen and oxygen atoms in total. The van der Waals surface area contributed by atoms with Crippen LogP contribution in [0.2, 0.25) is 0 Å². The molecule has 0 atom stereocenters. The smallest absolute Gasteiger partial charge is 0.227 e. The van der Waals surface area contributed by atoms with Crippen molar-refractivity contribution in [3.8, 4) is 0 Å². The molecule has 1 aromatic heterocycles. The molecule has 2 heterocycles. The van der Waals surface area contributed by atoms with Gasteiger partial charge in [-0.25, -0.2) is 4.98 Å². The molecule has 3 rings (SSSR count). The summed E-state index contributed by atoms with van der Waals surface area (Å²) in [6.07, 6.45) is 5.61. The molecule has 1 fully saturated rings. The van der Waals surface area contributed by atoms with Gasteiger partial charge in [-0.3, -0.25) is 9.59 Å². The van der Waals surface area contributed by atoms with Crippen LogP contribution in [0.3, 0.4) is 0 Å². The topological polar surface area (TPSA) is 58.4 Å². The Morgan fingerprint density at radius 2 is 1.81 bits per heavy atom. The summed E-state index contributed by atoms with van der Waals surface area (Å²) in [6.45, 7) is 4.85. The Hall–Kier alpha value is -2.37. The van der Waals surface area contributed by atoms with Crippen LogP contribution < -0.4 is 0 Å². The summed E-state index contributed by atoms with van der Waals surface area (Å²) < 4.78 is 1.97. The van der Waals surface area contributed by atoms with Crippen molar-refractivity contribution in [2.45, 2.75) is 39.0 Å². The third-order valence-electron chi connectivity index (χ3n) is 5.09. The second kappa shape index (κ2) is 8.34. The Kier molecular flexibility index (Phi) is 5.91. The number of aromatic nitrogens is 2. The lowest BCUT2D eigenvalue weighted by atomic mass is 10.1. The molecule has 0 spiro atoms. The normalized spacial score (nSPS) is 15.3. The maximum Gasteiger partial charge on any atom is 0.227 e. The van der Waals surface area contributed by atoms with E-state index in [-0.39, 0.29) is 11.8 Å². The number of rotatable bonds is 5. The lowest BCUT2D eigenvalue weighted by Crippen LogP contribution is -2.37. The van der Waals surface area contributed by atoms with Crippen molar-refractivity contribution >= 4 is 22.8 Å². The average Bonchev–Trinajstić information content (AvgIpc) is 2.85. The molecule has 1 saturated heterocycles. The number of unbranched alkanes of at least 4 members (excludes halogenated alkanes) is 1. The molecule has 0 radical (unpaired) electrons. The zero-order valence-corrected chi connectivity index (χ0v) is 15.8. The van der Waals surface area contributed by atoms with Gasteiger partial charge >= 0.3 is 0 Å². The number of carbonyl (C=O) groups excluding carboxylic acids is 2. The molecular formula is C20H28N4O2.